The van der Waals surface area contributed by atoms with E-state index in [9.17, 15) is 0 Å². The number of hydrogen-bond acceptors (Lipinski definition) is 2. The van der Waals surface area contributed by atoms with Crippen LogP contribution in [0.4, 0.5) is 17.1 Å². The molecule has 260 valence electrons. The summed E-state index contributed by atoms with van der Waals surface area (Å²) in [6.45, 7) is 0. The third kappa shape index (κ3) is 5.97. The maximum Gasteiger partial charge on any atom is 0.0502 e. The van der Waals surface area contributed by atoms with Crippen LogP contribution in [0.2, 0.25) is 0 Å². The van der Waals surface area contributed by atoms with Gasteiger partial charge in [-0.1, -0.05) is 159 Å². The first-order valence-electron chi connectivity index (χ1n) is 19.4. The first-order chi connectivity index (χ1) is 26.8. The van der Waals surface area contributed by atoms with Crippen LogP contribution < -0.4 is 4.90 Å². The number of anilines is 3. The third-order valence-corrected chi connectivity index (χ3v) is 12.6. The van der Waals surface area contributed by atoms with E-state index >= 15 is 0 Å². The van der Waals surface area contributed by atoms with Crippen LogP contribution in [0.1, 0.15) is 43.6 Å². The highest BCUT2D eigenvalue weighted by Gasteiger charge is 2.25. The molecule has 0 radical (unpaired) electrons. The molecule has 1 fully saturated rings. The predicted octanol–water partition coefficient (Wildman–Crippen LogP) is 15.7. The zero-order chi connectivity index (χ0) is 35.8. The molecule has 9 aromatic rings. The molecule has 54 heavy (non-hydrogen) atoms. The largest absolute Gasteiger partial charge is 0.310 e. The molecule has 8 aromatic carbocycles. The standard InChI is InChI=1S/C52H41NS/c1-4-15-36(16-5-1)44-24-14-25-45(37-17-6-2-7-18-37)52(44)39-27-29-42(30-28-39)53(43-31-32-47-46-23-12-13-26-50(46)54-51(47)35-43)49-34-41-22-11-10-21-40(41)33-48(49)38-19-8-3-9-20-38/h1-2,4-7,10-18,21-35,38H,3,8-9,19-20H2. The van der Waals surface area contributed by atoms with Gasteiger partial charge in [0.1, 0.15) is 0 Å². The van der Waals surface area contributed by atoms with Crippen LogP contribution in [0.5, 0.6) is 0 Å². The molecule has 1 saturated carbocycles. The summed E-state index contributed by atoms with van der Waals surface area (Å²) in [5.41, 5.74) is 12.5. The second-order valence-corrected chi connectivity index (χ2v) is 15.8. The average Bonchev–Trinajstić information content (AvgIpc) is 3.62. The van der Waals surface area contributed by atoms with E-state index in [-0.39, 0.29) is 0 Å². The number of rotatable bonds is 7. The number of fused-ring (bicyclic) bond motifs is 4. The molecular formula is C52H41NS. The molecule has 1 aliphatic rings. The lowest BCUT2D eigenvalue weighted by Crippen LogP contribution is -2.15. The molecule has 0 spiro atoms. The van der Waals surface area contributed by atoms with Gasteiger partial charge in [0.25, 0.3) is 0 Å². The normalized spacial score (nSPS) is 13.5. The minimum absolute atomic E-state index is 0.541. The molecule has 1 aromatic heterocycles. The molecule has 1 nitrogen and oxygen atoms in total. The van der Waals surface area contributed by atoms with E-state index in [1.807, 2.05) is 11.3 Å². The molecule has 2 heteroatoms. The molecule has 1 heterocycles. The monoisotopic (exact) mass is 711 g/mol. The van der Waals surface area contributed by atoms with Crippen LogP contribution in [0.15, 0.2) is 182 Å². The summed E-state index contributed by atoms with van der Waals surface area (Å²) in [5.74, 6) is 0.541. The van der Waals surface area contributed by atoms with Crippen LogP contribution in [-0.4, -0.2) is 0 Å². The second kappa shape index (κ2) is 14.1. The van der Waals surface area contributed by atoms with E-state index in [0.717, 1.165) is 0 Å². The van der Waals surface area contributed by atoms with Crippen molar-refractivity contribution in [1.82, 2.24) is 0 Å². The van der Waals surface area contributed by atoms with Crippen LogP contribution in [0.3, 0.4) is 0 Å². The average molecular weight is 712 g/mol. The molecule has 0 amide bonds. The Morgan fingerprint density at radius 3 is 1.72 bits per heavy atom. The molecule has 0 atom stereocenters. The van der Waals surface area contributed by atoms with Crippen molar-refractivity contribution in [1.29, 1.82) is 0 Å². The van der Waals surface area contributed by atoms with Crippen molar-refractivity contribution in [3.05, 3.63) is 188 Å². The molecule has 1 aliphatic carbocycles. The van der Waals surface area contributed by atoms with Gasteiger partial charge in [0.2, 0.25) is 0 Å². The fourth-order valence-corrected chi connectivity index (χ4v) is 9.96. The van der Waals surface area contributed by atoms with Crippen molar-refractivity contribution in [3.63, 3.8) is 0 Å². The molecule has 10 rings (SSSR count). The van der Waals surface area contributed by atoms with Gasteiger partial charge >= 0.3 is 0 Å². The van der Waals surface area contributed by atoms with Gasteiger partial charge in [-0.15, -0.1) is 11.3 Å². The summed E-state index contributed by atoms with van der Waals surface area (Å²) in [6, 6.07) is 67.5. The molecule has 0 N–H and O–H groups in total. The highest BCUT2D eigenvalue weighted by Crippen LogP contribution is 2.48. The minimum atomic E-state index is 0.541. The Morgan fingerprint density at radius 1 is 0.426 bits per heavy atom. The van der Waals surface area contributed by atoms with Crippen molar-refractivity contribution in [2.24, 2.45) is 0 Å². The Labute approximate surface area is 321 Å². The molecule has 0 saturated heterocycles. The number of benzene rings is 8. The van der Waals surface area contributed by atoms with Crippen LogP contribution in [-0.2, 0) is 0 Å². The van der Waals surface area contributed by atoms with E-state index in [4.69, 9.17) is 0 Å². The van der Waals surface area contributed by atoms with E-state index in [2.05, 4.69) is 187 Å². The summed E-state index contributed by atoms with van der Waals surface area (Å²) < 4.78 is 2.65. The van der Waals surface area contributed by atoms with Crippen molar-refractivity contribution in [2.75, 3.05) is 4.90 Å². The first-order valence-corrected chi connectivity index (χ1v) is 20.2. The Balaban J connectivity index is 1.18. The van der Waals surface area contributed by atoms with E-state index in [0.29, 0.717) is 5.92 Å². The van der Waals surface area contributed by atoms with Crippen molar-refractivity contribution in [2.45, 2.75) is 38.0 Å². The van der Waals surface area contributed by atoms with E-state index in [1.54, 1.807) is 0 Å². The predicted molar refractivity (Wildman–Crippen MR) is 234 cm³/mol. The van der Waals surface area contributed by atoms with Gasteiger partial charge < -0.3 is 4.90 Å². The lowest BCUT2D eigenvalue weighted by molar-refractivity contribution is 0.444. The Kier molecular flexibility index (Phi) is 8.54. The number of thiophene rings is 1. The zero-order valence-electron chi connectivity index (χ0n) is 30.3. The minimum Gasteiger partial charge on any atom is -0.310 e. The van der Waals surface area contributed by atoms with Crippen molar-refractivity contribution < 1.29 is 0 Å². The Bertz CT molecular complexity index is 2680. The quantitative estimate of drug-likeness (QED) is 0.159. The number of hydrogen-bond donors (Lipinski definition) is 0. The van der Waals surface area contributed by atoms with Gasteiger partial charge in [0, 0.05) is 31.5 Å². The molecule has 0 aliphatic heterocycles. The first kappa shape index (κ1) is 32.7. The molecular weight excluding hydrogens is 671 g/mol. The SMILES string of the molecule is c1ccc(-c2cccc(-c3ccccc3)c2-c2ccc(N(c3ccc4c(c3)sc3ccccc34)c3cc4ccccc4cc3C3CCCCC3)cc2)cc1. The maximum atomic E-state index is 2.55. The van der Waals surface area contributed by atoms with Gasteiger partial charge in [0.15, 0.2) is 0 Å². The van der Waals surface area contributed by atoms with E-state index in [1.165, 1.54) is 119 Å². The highest BCUT2D eigenvalue weighted by molar-refractivity contribution is 7.25. The van der Waals surface area contributed by atoms with Gasteiger partial charge in [-0.25, -0.2) is 0 Å². The Morgan fingerprint density at radius 2 is 1.02 bits per heavy atom. The van der Waals surface area contributed by atoms with Crippen molar-refractivity contribution >= 4 is 59.3 Å². The number of nitrogens with zero attached hydrogens (tertiary/aromatic N) is 1. The van der Waals surface area contributed by atoms with Gasteiger partial charge in [-0.05, 0) is 111 Å². The van der Waals surface area contributed by atoms with Gasteiger partial charge in [-0.2, -0.15) is 0 Å². The van der Waals surface area contributed by atoms with Gasteiger partial charge in [0.05, 0.1) is 5.69 Å². The smallest absolute Gasteiger partial charge is 0.0502 e. The Hall–Kier alpha value is -5.96. The summed E-state index contributed by atoms with van der Waals surface area (Å²) in [5, 5.41) is 5.26. The molecule has 0 unspecified atom stereocenters. The van der Waals surface area contributed by atoms with Crippen molar-refractivity contribution in [3.8, 4) is 33.4 Å². The van der Waals surface area contributed by atoms with Crippen LogP contribution >= 0.6 is 11.3 Å². The highest BCUT2D eigenvalue weighted by atomic mass is 32.1. The van der Waals surface area contributed by atoms with E-state index < -0.39 is 0 Å². The lowest BCUT2D eigenvalue weighted by Gasteiger charge is -2.32. The fraction of sp³-hybridized carbons (Fsp3) is 0.115. The third-order valence-electron chi connectivity index (χ3n) is 11.4. The fourth-order valence-electron chi connectivity index (χ4n) is 8.82. The summed E-state index contributed by atoms with van der Waals surface area (Å²) in [4.78, 5) is 2.55. The van der Waals surface area contributed by atoms with Gasteiger partial charge in [-0.3, -0.25) is 0 Å². The lowest BCUT2D eigenvalue weighted by atomic mass is 9.82. The zero-order valence-corrected chi connectivity index (χ0v) is 31.1. The topological polar surface area (TPSA) is 3.24 Å². The second-order valence-electron chi connectivity index (χ2n) is 14.7. The maximum absolute atomic E-state index is 2.55. The van der Waals surface area contributed by atoms with Crippen LogP contribution in [0, 0.1) is 0 Å². The summed E-state index contributed by atoms with van der Waals surface area (Å²) >= 11 is 1.89. The molecule has 0 bridgehead atoms. The summed E-state index contributed by atoms with van der Waals surface area (Å²) in [6.07, 6.45) is 6.41. The summed E-state index contributed by atoms with van der Waals surface area (Å²) in [7, 11) is 0. The van der Waals surface area contributed by atoms with Crippen LogP contribution in [0.25, 0.3) is 64.3 Å².